The van der Waals surface area contributed by atoms with Crippen LogP contribution in [0, 0.1) is 0 Å². The maximum absolute atomic E-state index is 12.6. The minimum absolute atomic E-state index is 0.106. The summed E-state index contributed by atoms with van der Waals surface area (Å²) in [4.78, 5) is 44.0. The molecule has 0 aliphatic rings. The smallest absolute Gasteiger partial charge is 0.339 e. The monoisotopic (exact) mass is 419 g/mol. The van der Waals surface area contributed by atoms with Crippen LogP contribution in [-0.2, 0) is 9.53 Å². The molecule has 8 heteroatoms. The van der Waals surface area contributed by atoms with Crippen molar-refractivity contribution in [1.29, 1.82) is 0 Å². The van der Waals surface area contributed by atoms with Crippen LogP contribution in [0.1, 0.15) is 17.3 Å². The Morgan fingerprint density at radius 2 is 1.83 bits per heavy atom. The van der Waals surface area contributed by atoms with Crippen molar-refractivity contribution >= 4 is 39.2 Å². The predicted octanol–water partition coefficient (Wildman–Crippen LogP) is 3.84. The third kappa shape index (κ3) is 4.13. The van der Waals surface area contributed by atoms with Gasteiger partial charge in [0, 0.05) is 27.9 Å². The number of pyridine rings is 1. The molecule has 0 aliphatic heterocycles. The van der Waals surface area contributed by atoms with Gasteiger partial charge in [-0.15, -0.1) is 11.3 Å². The Morgan fingerprint density at radius 3 is 2.63 bits per heavy atom. The van der Waals surface area contributed by atoms with Crippen LogP contribution in [-0.4, -0.2) is 27.9 Å². The molecule has 1 amide bonds. The highest BCUT2D eigenvalue weighted by Crippen LogP contribution is 2.25. The number of nitrogens with one attached hydrogen (secondary N) is 2. The van der Waals surface area contributed by atoms with E-state index in [1.54, 1.807) is 24.3 Å². The largest absolute Gasteiger partial charge is 0.449 e. The molecule has 0 unspecified atom stereocenters. The molecule has 0 bridgehead atoms. The molecule has 2 aromatic heterocycles. The normalized spacial score (nSPS) is 11.8. The van der Waals surface area contributed by atoms with E-state index in [0.717, 1.165) is 11.3 Å². The van der Waals surface area contributed by atoms with Crippen LogP contribution in [0.4, 0.5) is 5.13 Å². The number of aromatic nitrogens is 2. The number of ether oxygens (including phenoxy) is 1. The number of carbonyl (C=O) groups is 2. The van der Waals surface area contributed by atoms with E-state index in [9.17, 15) is 14.4 Å². The minimum Gasteiger partial charge on any atom is -0.449 e. The van der Waals surface area contributed by atoms with Gasteiger partial charge in [0.2, 0.25) is 5.56 Å². The van der Waals surface area contributed by atoms with Crippen molar-refractivity contribution in [1.82, 2.24) is 9.97 Å². The molecule has 0 aliphatic carbocycles. The maximum atomic E-state index is 12.6. The van der Waals surface area contributed by atoms with Crippen LogP contribution in [0.5, 0.6) is 0 Å². The quantitative estimate of drug-likeness (QED) is 0.479. The molecule has 0 spiro atoms. The van der Waals surface area contributed by atoms with Crippen LogP contribution in [0.15, 0.2) is 70.8 Å². The standard InChI is InChI=1S/C22H17N3O4S/c1-13(20(27)25-22-24-18(12-30-22)14-7-3-2-4-8-14)29-21(28)16-11-19(26)23-17-10-6-5-9-15(16)17/h2-13H,1H3,(H,23,26)(H,24,25,27)/t13-/m0/s1. The van der Waals surface area contributed by atoms with Crippen molar-refractivity contribution in [2.75, 3.05) is 5.32 Å². The van der Waals surface area contributed by atoms with Crippen LogP contribution in [0.25, 0.3) is 22.2 Å². The van der Waals surface area contributed by atoms with Crippen LogP contribution >= 0.6 is 11.3 Å². The average molecular weight is 419 g/mol. The molecular weight excluding hydrogens is 402 g/mol. The zero-order valence-corrected chi connectivity index (χ0v) is 16.7. The third-order valence-electron chi connectivity index (χ3n) is 4.43. The number of benzene rings is 2. The first kappa shape index (κ1) is 19.5. The van der Waals surface area contributed by atoms with Gasteiger partial charge in [-0.1, -0.05) is 48.5 Å². The topological polar surface area (TPSA) is 101 Å². The maximum Gasteiger partial charge on any atom is 0.339 e. The van der Waals surface area contributed by atoms with Crippen LogP contribution in [0.3, 0.4) is 0 Å². The van der Waals surface area contributed by atoms with Gasteiger partial charge < -0.3 is 9.72 Å². The van der Waals surface area contributed by atoms with Gasteiger partial charge >= 0.3 is 5.97 Å². The predicted molar refractivity (Wildman–Crippen MR) is 116 cm³/mol. The highest BCUT2D eigenvalue weighted by molar-refractivity contribution is 7.14. The number of thiazole rings is 1. The molecule has 2 heterocycles. The first-order valence-corrected chi connectivity index (χ1v) is 10.0. The van der Waals surface area contributed by atoms with Crippen molar-refractivity contribution in [2.24, 2.45) is 0 Å². The first-order valence-electron chi connectivity index (χ1n) is 9.16. The average Bonchev–Trinajstić information content (AvgIpc) is 3.22. The van der Waals surface area contributed by atoms with Gasteiger partial charge in [0.05, 0.1) is 11.3 Å². The fraction of sp³-hybridized carbons (Fsp3) is 0.0909. The third-order valence-corrected chi connectivity index (χ3v) is 5.19. The fourth-order valence-corrected chi connectivity index (χ4v) is 3.65. The Balaban J connectivity index is 1.46. The van der Waals surface area contributed by atoms with Gasteiger partial charge in [0.15, 0.2) is 11.2 Å². The Hall–Kier alpha value is -3.78. The number of fused-ring (bicyclic) bond motifs is 1. The molecule has 2 aromatic carbocycles. The number of aromatic amines is 1. The SMILES string of the molecule is C[C@H](OC(=O)c1cc(=O)[nH]c2ccccc12)C(=O)Nc1nc(-c2ccccc2)cs1. The van der Waals surface area contributed by atoms with Crippen molar-refractivity contribution in [3.8, 4) is 11.3 Å². The number of hydrogen-bond donors (Lipinski definition) is 2. The molecule has 7 nitrogen and oxygen atoms in total. The molecule has 1 atom stereocenters. The molecule has 4 rings (SSSR count). The van der Waals surface area contributed by atoms with Gasteiger partial charge in [-0.25, -0.2) is 9.78 Å². The van der Waals surface area contributed by atoms with E-state index >= 15 is 0 Å². The summed E-state index contributed by atoms with van der Waals surface area (Å²) in [6.45, 7) is 1.47. The summed E-state index contributed by atoms with van der Waals surface area (Å²) in [6, 6.07) is 17.7. The van der Waals surface area contributed by atoms with Gasteiger partial charge in [0.25, 0.3) is 5.91 Å². The molecular formula is C22H17N3O4S. The van der Waals surface area contributed by atoms with E-state index in [4.69, 9.17) is 4.74 Å². The van der Waals surface area contributed by atoms with Crippen LogP contribution in [0.2, 0.25) is 0 Å². The molecule has 30 heavy (non-hydrogen) atoms. The lowest BCUT2D eigenvalue weighted by molar-refractivity contribution is -0.123. The van der Waals surface area contributed by atoms with Crippen molar-refractivity contribution in [3.63, 3.8) is 0 Å². The summed E-state index contributed by atoms with van der Waals surface area (Å²) >= 11 is 1.28. The second-order valence-electron chi connectivity index (χ2n) is 6.53. The number of esters is 1. The number of carbonyl (C=O) groups excluding carboxylic acids is 2. The van der Waals surface area contributed by atoms with E-state index in [1.165, 1.54) is 24.3 Å². The number of anilines is 1. The van der Waals surface area contributed by atoms with Gasteiger partial charge in [0.1, 0.15) is 0 Å². The summed E-state index contributed by atoms with van der Waals surface area (Å²) in [5.74, 6) is -1.25. The summed E-state index contributed by atoms with van der Waals surface area (Å²) in [7, 11) is 0. The second kappa shape index (κ2) is 8.30. The molecule has 0 radical (unpaired) electrons. The second-order valence-corrected chi connectivity index (χ2v) is 7.39. The van der Waals surface area contributed by atoms with Crippen LogP contribution < -0.4 is 10.9 Å². The highest BCUT2D eigenvalue weighted by Gasteiger charge is 2.22. The van der Waals surface area contributed by atoms with E-state index in [0.29, 0.717) is 16.0 Å². The fourth-order valence-electron chi connectivity index (χ4n) is 2.93. The van der Waals surface area contributed by atoms with Crippen molar-refractivity contribution in [2.45, 2.75) is 13.0 Å². The van der Waals surface area contributed by atoms with Gasteiger partial charge in [-0.3, -0.25) is 14.9 Å². The number of amides is 1. The summed E-state index contributed by atoms with van der Waals surface area (Å²) in [6.07, 6.45) is -1.07. The molecule has 0 fully saturated rings. The van der Waals surface area contributed by atoms with E-state index in [2.05, 4.69) is 15.3 Å². The molecule has 0 saturated heterocycles. The minimum atomic E-state index is -1.07. The number of para-hydroxylation sites is 1. The number of hydrogen-bond acceptors (Lipinski definition) is 6. The van der Waals surface area contributed by atoms with Gasteiger partial charge in [-0.05, 0) is 13.0 Å². The van der Waals surface area contributed by atoms with Crippen molar-refractivity contribution < 1.29 is 14.3 Å². The Labute approximate surface area is 175 Å². The van der Waals surface area contributed by atoms with Gasteiger partial charge in [-0.2, -0.15) is 0 Å². The zero-order chi connectivity index (χ0) is 21.1. The highest BCUT2D eigenvalue weighted by atomic mass is 32.1. The number of H-pyrrole nitrogens is 1. The number of nitrogens with zero attached hydrogens (tertiary/aromatic N) is 1. The first-order chi connectivity index (χ1) is 14.5. The Bertz CT molecular complexity index is 1280. The summed E-state index contributed by atoms with van der Waals surface area (Å²) in [5, 5.41) is 5.45. The molecule has 4 aromatic rings. The summed E-state index contributed by atoms with van der Waals surface area (Å²) in [5.41, 5.74) is 1.89. The summed E-state index contributed by atoms with van der Waals surface area (Å²) < 4.78 is 5.30. The van der Waals surface area contributed by atoms with E-state index in [1.807, 2.05) is 35.7 Å². The number of rotatable bonds is 5. The van der Waals surface area contributed by atoms with Crippen molar-refractivity contribution in [3.05, 3.63) is 82.0 Å². The van der Waals surface area contributed by atoms with E-state index in [-0.39, 0.29) is 5.56 Å². The Morgan fingerprint density at radius 1 is 1.10 bits per heavy atom. The molecule has 150 valence electrons. The molecule has 2 N–H and O–H groups in total. The lowest BCUT2D eigenvalue weighted by Crippen LogP contribution is -2.30. The lowest BCUT2D eigenvalue weighted by atomic mass is 10.1. The Kier molecular flexibility index (Phi) is 5.40. The van der Waals surface area contributed by atoms with E-state index < -0.39 is 23.5 Å². The zero-order valence-electron chi connectivity index (χ0n) is 15.9. The molecule has 0 saturated carbocycles. The lowest BCUT2D eigenvalue weighted by Gasteiger charge is -2.13.